The van der Waals surface area contributed by atoms with Crippen molar-refractivity contribution in [2.75, 3.05) is 0 Å². The molecule has 1 atom stereocenters. The Balaban J connectivity index is 2.08. The number of amides is 1. The average molecular weight is 266 g/mol. The molecule has 0 aliphatic heterocycles. The Hall–Kier alpha value is -1.52. The third-order valence-corrected chi connectivity index (χ3v) is 4.03. The molecule has 1 aliphatic carbocycles. The summed E-state index contributed by atoms with van der Waals surface area (Å²) in [5.74, 6) is 0.0153. The largest absolute Gasteiger partial charge is 0.420 e. The summed E-state index contributed by atoms with van der Waals surface area (Å²) in [7, 11) is 0. The van der Waals surface area contributed by atoms with Crippen LogP contribution in [-0.2, 0) is 4.79 Å². The summed E-state index contributed by atoms with van der Waals surface area (Å²) in [4.78, 5) is 23.9. The van der Waals surface area contributed by atoms with E-state index in [1.165, 1.54) is 23.8 Å². The van der Waals surface area contributed by atoms with E-state index in [1.807, 2.05) is 0 Å². The van der Waals surface area contributed by atoms with Crippen LogP contribution in [0.1, 0.15) is 56.5 Å². The van der Waals surface area contributed by atoms with E-state index < -0.39 is 11.8 Å². The smallest absolute Gasteiger partial charge is 0.413 e. The van der Waals surface area contributed by atoms with Crippen molar-refractivity contribution in [2.45, 2.75) is 65.0 Å². The molecule has 1 unspecified atom stereocenters. The van der Waals surface area contributed by atoms with Crippen LogP contribution < -0.4 is 11.1 Å². The SMILES string of the molecule is Cc1oc(=O)n(C(C)C(=O)NC2CCCCC2)c1C. The minimum Gasteiger partial charge on any atom is -0.413 e. The van der Waals surface area contributed by atoms with Crippen LogP contribution in [0, 0.1) is 13.8 Å². The van der Waals surface area contributed by atoms with Crippen LogP contribution in [0.25, 0.3) is 0 Å². The molecule has 1 aromatic rings. The highest BCUT2D eigenvalue weighted by molar-refractivity contribution is 5.80. The van der Waals surface area contributed by atoms with Gasteiger partial charge in [0, 0.05) is 6.04 Å². The topological polar surface area (TPSA) is 64.2 Å². The van der Waals surface area contributed by atoms with Crippen molar-refractivity contribution in [2.24, 2.45) is 0 Å². The molecule has 5 heteroatoms. The standard InChI is InChI=1S/C14H22N2O3/c1-9-11(3)19-14(18)16(9)10(2)13(17)15-12-7-5-4-6-8-12/h10,12H,4-8H2,1-3H3,(H,15,17). The molecule has 106 valence electrons. The van der Waals surface area contributed by atoms with Gasteiger partial charge in [-0.1, -0.05) is 19.3 Å². The molecular formula is C14H22N2O3. The summed E-state index contributed by atoms with van der Waals surface area (Å²) in [6.45, 7) is 5.27. The number of aromatic nitrogens is 1. The van der Waals surface area contributed by atoms with Crippen LogP contribution in [0.4, 0.5) is 0 Å². The van der Waals surface area contributed by atoms with Gasteiger partial charge in [0.2, 0.25) is 5.91 Å². The van der Waals surface area contributed by atoms with Crippen LogP contribution in [-0.4, -0.2) is 16.5 Å². The molecule has 0 spiro atoms. The average Bonchev–Trinajstić information content (AvgIpc) is 2.63. The molecule has 1 saturated carbocycles. The molecule has 1 heterocycles. The fourth-order valence-electron chi connectivity index (χ4n) is 2.70. The second kappa shape index (κ2) is 5.63. The Morgan fingerprint density at radius 3 is 2.47 bits per heavy atom. The molecule has 0 bridgehead atoms. The highest BCUT2D eigenvalue weighted by Gasteiger charge is 2.24. The highest BCUT2D eigenvalue weighted by atomic mass is 16.4. The number of aryl methyl sites for hydroxylation is 1. The van der Waals surface area contributed by atoms with Gasteiger partial charge in [-0.15, -0.1) is 0 Å². The minimum absolute atomic E-state index is 0.0992. The first-order valence-corrected chi connectivity index (χ1v) is 6.99. The second-order valence-corrected chi connectivity index (χ2v) is 5.40. The zero-order chi connectivity index (χ0) is 14.0. The molecule has 0 radical (unpaired) electrons. The van der Waals surface area contributed by atoms with Gasteiger partial charge in [0.1, 0.15) is 11.8 Å². The maximum atomic E-state index is 12.2. The van der Waals surface area contributed by atoms with Crippen molar-refractivity contribution in [1.82, 2.24) is 9.88 Å². The first-order valence-electron chi connectivity index (χ1n) is 6.99. The molecule has 1 aliphatic rings. The van der Waals surface area contributed by atoms with Crippen molar-refractivity contribution in [3.8, 4) is 0 Å². The fraction of sp³-hybridized carbons (Fsp3) is 0.714. The summed E-state index contributed by atoms with van der Waals surface area (Å²) >= 11 is 0. The summed E-state index contributed by atoms with van der Waals surface area (Å²) in [5.41, 5.74) is 0.719. The molecule has 0 aromatic carbocycles. The molecule has 1 N–H and O–H groups in total. The molecule has 5 nitrogen and oxygen atoms in total. The normalized spacial score (nSPS) is 18.3. The monoisotopic (exact) mass is 266 g/mol. The lowest BCUT2D eigenvalue weighted by molar-refractivity contribution is -0.125. The van der Waals surface area contributed by atoms with Crippen LogP contribution >= 0.6 is 0 Å². The molecule has 1 amide bonds. The quantitative estimate of drug-likeness (QED) is 0.910. The van der Waals surface area contributed by atoms with Gasteiger partial charge >= 0.3 is 5.76 Å². The number of carbonyl (C=O) groups is 1. The Morgan fingerprint density at radius 1 is 1.32 bits per heavy atom. The van der Waals surface area contributed by atoms with E-state index >= 15 is 0 Å². The van der Waals surface area contributed by atoms with Gasteiger partial charge in [0.05, 0.1) is 5.69 Å². The van der Waals surface area contributed by atoms with E-state index in [-0.39, 0.29) is 11.9 Å². The summed E-state index contributed by atoms with van der Waals surface area (Å²) < 4.78 is 6.46. The molecule has 1 fully saturated rings. The van der Waals surface area contributed by atoms with Crippen molar-refractivity contribution in [3.05, 3.63) is 22.0 Å². The lowest BCUT2D eigenvalue weighted by Gasteiger charge is -2.24. The molecule has 2 rings (SSSR count). The number of nitrogens with zero attached hydrogens (tertiary/aromatic N) is 1. The number of carbonyl (C=O) groups excluding carboxylic acids is 1. The van der Waals surface area contributed by atoms with Crippen molar-refractivity contribution in [1.29, 1.82) is 0 Å². The Morgan fingerprint density at radius 2 is 1.95 bits per heavy atom. The Labute approximate surface area is 113 Å². The van der Waals surface area contributed by atoms with Crippen LogP contribution in [0.15, 0.2) is 9.21 Å². The zero-order valence-electron chi connectivity index (χ0n) is 11.9. The lowest BCUT2D eigenvalue weighted by atomic mass is 9.95. The molecule has 1 aromatic heterocycles. The second-order valence-electron chi connectivity index (χ2n) is 5.40. The predicted octanol–water partition coefficient (Wildman–Crippen LogP) is 2.07. The minimum atomic E-state index is -0.521. The summed E-state index contributed by atoms with van der Waals surface area (Å²) in [6.07, 6.45) is 5.67. The van der Waals surface area contributed by atoms with Gasteiger partial charge < -0.3 is 9.73 Å². The van der Waals surface area contributed by atoms with Gasteiger partial charge in [-0.25, -0.2) is 4.79 Å². The first-order chi connectivity index (χ1) is 9.00. The first kappa shape index (κ1) is 13.9. The van der Waals surface area contributed by atoms with Crippen molar-refractivity contribution < 1.29 is 9.21 Å². The predicted molar refractivity (Wildman–Crippen MR) is 72.2 cm³/mol. The number of nitrogens with one attached hydrogen (secondary N) is 1. The molecular weight excluding hydrogens is 244 g/mol. The number of oxazole rings is 1. The van der Waals surface area contributed by atoms with Gasteiger partial charge in [-0.3, -0.25) is 9.36 Å². The van der Waals surface area contributed by atoms with Crippen molar-refractivity contribution in [3.63, 3.8) is 0 Å². The van der Waals surface area contributed by atoms with E-state index in [0.717, 1.165) is 18.5 Å². The Kier molecular flexibility index (Phi) is 4.12. The van der Waals surface area contributed by atoms with E-state index in [2.05, 4.69) is 5.32 Å². The fourth-order valence-corrected chi connectivity index (χ4v) is 2.70. The van der Waals surface area contributed by atoms with E-state index in [4.69, 9.17) is 4.42 Å². The maximum Gasteiger partial charge on any atom is 0.420 e. The zero-order valence-corrected chi connectivity index (χ0v) is 11.9. The number of rotatable bonds is 3. The maximum absolute atomic E-state index is 12.2. The molecule has 0 saturated heterocycles. The van der Waals surface area contributed by atoms with E-state index in [9.17, 15) is 9.59 Å². The van der Waals surface area contributed by atoms with Gasteiger partial charge in [-0.05, 0) is 33.6 Å². The number of hydrogen-bond donors (Lipinski definition) is 1. The van der Waals surface area contributed by atoms with Crippen LogP contribution in [0.3, 0.4) is 0 Å². The van der Waals surface area contributed by atoms with Crippen molar-refractivity contribution >= 4 is 5.91 Å². The van der Waals surface area contributed by atoms with Crippen LogP contribution in [0.2, 0.25) is 0 Å². The Bertz CT molecular complexity index is 509. The van der Waals surface area contributed by atoms with E-state index in [1.54, 1.807) is 20.8 Å². The van der Waals surface area contributed by atoms with E-state index in [0.29, 0.717) is 5.76 Å². The number of hydrogen-bond acceptors (Lipinski definition) is 3. The van der Waals surface area contributed by atoms with Gasteiger partial charge in [-0.2, -0.15) is 0 Å². The summed E-state index contributed by atoms with van der Waals surface area (Å²) in [5, 5.41) is 3.04. The summed E-state index contributed by atoms with van der Waals surface area (Å²) in [6, 6.07) is -0.264. The van der Waals surface area contributed by atoms with Crippen LogP contribution in [0.5, 0.6) is 0 Å². The van der Waals surface area contributed by atoms with Gasteiger partial charge in [0.15, 0.2) is 0 Å². The third kappa shape index (κ3) is 2.91. The third-order valence-electron chi connectivity index (χ3n) is 4.03. The lowest BCUT2D eigenvalue weighted by Crippen LogP contribution is -2.41. The highest BCUT2D eigenvalue weighted by Crippen LogP contribution is 2.18. The van der Waals surface area contributed by atoms with Gasteiger partial charge in [0.25, 0.3) is 0 Å². The molecule has 19 heavy (non-hydrogen) atoms.